The molecule has 3 aromatic rings. The fourth-order valence-corrected chi connectivity index (χ4v) is 6.69. The smallest absolute Gasteiger partial charge is 0.0404 e. The lowest BCUT2D eigenvalue weighted by atomic mass is 10.1. The van der Waals surface area contributed by atoms with Crippen LogP contribution in [0.4, 0.5) is 0 Å². The fourth-order valence-electron chi connectivity index (χ4n) is 3.33. The molecule has 3 heteroatoms. The Bertz CT molecular complexity index is 859. The average molecular weight is 371 g/mol. The van der Waals surface area contributed by atoms with Gasteiger partial charge in [0.1, 0.15) is 0 Å². The maximum absolute atomic E-state index is 14.6. The highest BCUT2D eigenvalue weighted by Gasteiger charge is 2.34. The zero-order chi connectivity index (χ0) is 19.1. The van der Waals surface area contributed by atoms with Crippen LogP contribution < -0.4 is 20.3 Å². The Morgan fingerprint density at radius 2 is 1.22 bits per heavy atom. The molecule has 0 saturated heterocycles. The van der Waals surface area contributed by atoms with E-state index in [0.717, 1.165) is 0 Å². The zero-order valence-electron chi connectivity index (χ0n) is 15.3. The molecule has 0 aromatic heterocycles. The normalized spacial score (nSPS) is 13.3. The summed E-state index contributed by atoms with van der Waals surface area (Å²) in [7, 11) is -3.65. The topological polar surface area (TPSA) is 46.1 Å². The molecule has 0 saturated carbocycles. The quantitative estimate of drug-likeness (QED) is 0.509. The molecular formula is C24H22O2Si-2. The van der Waals surface area contributed by atoms with Crippen molar-refractivity contribution in [2.24, 2.45) is 0 Å². The van der Waals surface area contributed by atoms with Crippen LogP contribution >= 0.6 is 0 Å². The van der Waals surface area contributed by atoms with Gasteiger partial charge in [-0.25, -0.2) is 0 Å². The number of hydrogen-bond acceptors (Lipinski definition) is 2. The highest BCUT2D eigenvalue weighted by atomic mass is 28.4. The van der Waals surface area contributed by atoms with E-state index in [9.17, 15) is 9.90 Å². The van der Waals surface area contributed by atoms with Crippen molar-refractivity contribution in [1.29, 1.82) is 0 Å². The Morgan fingerprint density at radius 1 is 0.778 bits per heavy atom. The maximum atomic E-state index is 14.6. The van der Waals surface area contributed by atoms with Crippen LogP contribution in [0.25, 0.3) is 0 Å². The van der Waals surface area contributed by atoms with Gasteiger partial charge in [-0.05, 0) is 0 Å². The molecule has 0 heterocycles. The lowest BCUT2D eigenvalue weighted by Crippen LogP contribution is -2.73. The second-order valence-corrected chi connectivity index (χ2v) is 9.70. The summed E-state index contributed by atoms with van der Waals surface area (Å²) in [4.78, 5) is 14.6. The van der Waals surface area contributed by atoms with Gasteiger partial charge in [0, 0.05) is 20.3 Å². The lowest BCUT2D eigenvalue weighted by molar-refractivity contribution is -0.427. The molecule has 0 radical (unpaired) electrons. The highest BCUT2D eigenvalue weighted by Crippen LogP contribution is 2.30. The van der Waals surface area contributed by atoms with Crippen LogP contribution in [0.15, 0.2) is 91.0 Å². The predicted octanol–water partition coefficient (Wildman–Crippen LogP) is 1.99. The molecule has 0 spiro atoms. The van der Waals surface area contributed by atoms with Crippen molar-refractivity contribution in [3.05, 3.63) is 96.6 Å². The van der Waals surface area contributed by atoms with Crippen LogP contribution in [0.1, 0.15) is 25.0 Å². The van der Waals surface area contributed by atoms with Gasteiger partial charge >= 0.3 is 0 Å². The molecule has 136 valence electrons. The van der Waals surface area contributed by atoms with Crippen LogP contribution in [-0.4, -0.2) is 8.32 Å². The first-order valence-corrected chi connectivity index (χ1v) is 11.2. The maximum Gasteiger partial charge on any atom is 0.0404 e. The van der Waals surface area contributed by atoms with E-state index in [-0.39, 0.29) is 0 Å². The van der Waals surface area contributed by atoms with E-state index in [2.05, 4.69) is 11.8 Å². The first kappa shape index (κ1) is 19.1. The zero-order valence-corrected chi connectivity index (χ0v) is 16.3. The minimum atomic E-state index is -3.65. The predicted molar refractivity (Wildman–Crippen MR) is 109 cm³/mol. The molecule has 0 amide bonds. The van der Waals surface area contributed by atoms with Crippen LogP contribution in [0.5, 0.6) is 0 Å². The van der Waals surface area contributed by atoms with Gasteiger partial charge in [-0.3, -0.25) is 0 Å². The van der Waals surface area contributed by atoms with Gasteiger partial charge in [-0.15, -0.1) is 11.8 Å². The number of benzene rings is 3. The highest BCUT2D eigenvalue weighted by molar-refractivity contribution is 6.96. The largest absolute Gasteiger partial charge is 0.851 e. The van der Waals surface area contributed by atoms with Crippen LogP contribution in [-0.2, 0) is 0 Å². The van der Waals surface area contributed by atoms with Crippen molar-refractivity contribution >= 4 is 18.7 Å². The third-order valence-electron chi connectivity index (χ3n) is 4.71. The number of rotatable bonds is 5. The number of hydrogen-bond donors (Lipinski definition) is 0. The minimum absolute atomic E-state index is 0.617. The van der Waals surface area contributed by atoms with E-state index in [1.54, 1.807) is 12.1 Å². The lowest BCUT2D eigenvalue weighted by Gasteiger charge is -2.49. The summed E-state index contributed by atoms with van der Waals surface area (Å²) < 4.78 is 0. The summed E-state index contributed by atoms with van der Waals surface area (Å²) in [5.74, 6) is 6.12. The van der Waals surface area contributed by atoms with Gasteiger partial charge in [-0.2, -0.15) is 0 Å². The van der Waals surface area contributed by atoms with Gasteiger partial charge in [0.2, 0.25) is 0 Å². The standard InChI is InChI=1S/C24H22O2Si/c1-2-3-19-23(24(25)20-13-7-4-8-14-20)27(26,21-15-9-5-10-16-21)22-17-11-6-12-18-22/h4-18,23-24H,2H2,1H3/q-2. The Kier molecular flexibility index (Phi) is 6.26. The first-order chi connectivity index (χ1) is 13.2. The second kappa shape index (κ2) is 8.83. The van der Waals surface area contributed by atoms with Gasteiger partial charge in [0.15, 0.2) is 0 Å². The molecule has 0 N–H and O–H groups in total. The van der Waals surface area contributed by atoms with E-state index < -0.39 is 20.0 Å². The fraction of sp³-hybridized carbons (Fsp3) is 0.167. The molecule has 3 rings (SSSR count). The Balaban J connectivity index is 2.20. The summed E-state index contributed by atoms with van der Waals surface area (Å²) in [6.07, 6.45) is -0.568. The van der Waals surface area contributed by atoms with Crippen molar-refractivity contribution in [2.45, 2.75) is 25.0 Å². The third-order valence-corrected chi connectivity index (χ3v) is 8.41. The molecule has 3 aromatic carbocycles. The van der Waals surface area contributed by atoms with Gasteiger partial charge in [-0.1, -0.05) is 120 Å². The summed E-state index contributed by atoms with van der Waals surface area (Å²) in [6, 6.07) is 27.8. The molecule has 2 unspecified atom stereocenters. The molecule has 27 heavy (non-hydrogen) atoms. The van der Waals surface area contributed by atoms with Crippen LogP contribution in [0.2, 0.25) is 5.54 Å². The third kappa shape index (κ3) is 4.04. The van der Waals surface area contributed by atoms with Crippen molar-refractivity contribution in [1.82, 2.24) is 0 Å². The van der Waals surface area contributed by atoms with E-state index in [0.29, 0.717) is 22.4 Å². The van der Waals surface area contributed by atoms with Crippen molar-refractivity contribution in [3.63, 3.8) is 0 Å². The molecule has 0 aliphatic rings. The minimum Gasteiger partial charge on any atom is -0.851 e. The molecule has 2 nitrogen and oxygen atoms in total. The van der Waals surface area contributed by atoms with Gasteiger partial charge in [0.05, 0.1) is 0 Å². The molecule has 0 bridgehead atoms. The van der Waals surface area contributed by atoms with Gasteiger partial charge < -0.3 is 9.90 Å². The van der Waals surface area contributed by atoms with E-state index in [1.807, 2.05) is 85.8 Å². The Hall–Kier alpha value is -2.64. The molecule has 2 atom stereocenters. The molecular weight excluding hydrogens is 348 g/mol. The summed E-state index contributed by atoms with van der Waals surface area (Å²) >= 11 is 0. The van der Waals surface area contributed by atoms with Gasteiger partial charge in [0.25, 0.3) is 0 Å². The summed E-state index contributed by atoms with van der Waals surface area (Å²) in [6.45, 7) is 1.94. The van der Waals surface area contributed by atoms with E-state index in [1.165, 1.54) is 0 Å². The van der Waals surface area contributed by atoms with Crippen molar-refractivity contribution in [3.8, 4) is 11.8 Å². The first-order valence-electron chi connectivity index (χ1n) is 9.18. The SMILES string of the molecule is CCC#CC(C([O-])c1ccccc1)[Si]([O-])(c1ccccc1)c1ccccc1. The van der Waals surface area contributed by atoms with E-state index >= 15 is 0 Å². The molecule has 0 aliphatic carbocycles. The van der Waals surface area contributed by atoms with Crippen molar-refractivity contribution in [2.75, 3.05) is 0 Å². The van der Waals surface area contributed by atoms with Crippen molar-refractivity contribution < 1.29 is 9.90 Å². The second-order valence-electron chi connectivity index (χ2n) is 6.45. The Labute approximate surface area is 162 Å². The van der Waals surface area contributed by atoms with Crippen LogP contribution in [0, 0.1) is 11.8 Å². The van der Waals surface area contributed by atoms with Crippen LogP contribution in [0.3, 0.4) is 0 Å². The monoisotopic (exact) mass is 370 g/mol. The summed E-state index contributed by atoms with van der Waals surface area (Å²) in [5.41, 5.74) is -0.183. The van der Waals surface area contributed by atoms with E-state index in [4.69, 9.17) is 0 Å². The Morgan fingerprint density at radius 3 is 1.67 bits per heavy atom. The molecule has 0 fully saturated rings. The average Bonchev–Trinajstić information content (AvgIpc) is 2.75. The molecule has 0 aliphatic heterocycles. The summed E-state index contributed by atoms with van der Waals surface area (Å²) in [5, 5.41) is 14.9.